The number of halogens is 3. The Labute approximate surface area is 139 Å². The molecule has 2 rings (SSSR count). The summed E-state index contributed by atoms with van der Waals surface area (Å²) in [6.07, 6.45) is -0.504. The summed E-state index contributed by atoms with van der Waals surface area (Å²) in [5, 5.41) is 0. The maximum atomic E-state index is 12.5. The SMILES string of the molecule is CC(C)Cc1ccc(C(=O)C=Cc2ccc(C(F)(F)F)cc2)cc1. The number of hydrogen-bond acceptors (Lipinski definition) is 1. The Hall–Kier alpha value is -2.36. The molecule has 0 aliphatic carbocycles. The number of carbonyl (C=O) groups is 1. The van der Waals surface area contributed by atoms with Gasteiger partial charge in [-0.3, -0.25) is 4.79 Å². The molecule has 2 aromatic rings. The zero-order valence-corrected chi connectivity index (χ0v) is 13.6. The largest absolute Gasteiger partial charge is 0.416 e. The summed E-state index contributed by atoms with van der Waals surface area (Å²) < 4.78 is 37.5. The van der Waals surface area contributed by atoms with Crippen LogP contribution in [0.15, 0.2) is 54.6 Å². The summed E-state index contributed by atoms with van der Waals surface area (Å²) in [5.74, 6) is 0.372. The highest BCUT2D eigenvalue weighted by Gasteiger charge is 2.29. The van der Waals surface area contributed by atoms with Crippen molar-refractivity contribution >= 4 is 11.9 Å². The molecule has 0 atom stereocenters. The molecule has 0 aliphatic rings. The summed E-state index contributed by atoms with van der Waals surface area (Å²) >= 11 is 0. The third kappa shape index (κ3) is 5.08. The van der Waals surface area contributed by atoms with Gasteiger partial charge in [0, 0.05) is 5.56 Å². The second kappa shape index (κ2) is 7.47. The van der Waals surface area contributed by atoms with Gasteiger partial charge in [-0.25, -0.2) is 0 Å². The first-order valence-electron chi connectivity index (χ1n) is 7.74. The Morgan fingerprint density at radius 2 is 1.58 bits per heavy atom. The fourth-order valence-electron chi connectivity index (χ4n) is 2.33. The van der Waals surface area contributed by atoms with Crippen LogP contribution in [0.5, 0.6) is 0 Å². The topological polar surface area (TPSA) is 17.1 Å². The van der Waals surface area contributed by atoms with Gasteiger partial charge in [-0.15, -0.1) is 0 Å². The number of ketones is 1. The average molecular weight is 332 g/mol. The molecule has 1 nitrogen and oxygen atoms in total. The van der Waals surface area contributed by atoms with Gasteiger partial charge in [0.15, 0.2) is 5.78 Å². The van der Waals surface area contributed by atoms with Crippen molar-refractivity contribution in [2.75, 3.05) is 0 Å². The molecule has 0 unspecified atom stereocenters. The van der Waals surface area contributed by atoms with Crippen molar-refractivity contribution < 1.29 is 18.0 Å². The van der Waals surface area contributed by atoms with E-state index in [9.17, 15) is 18.0 Å². The lowest BCUT2D eigenvalue weighted by Crippen LogP contribution is -2.04. The van der Waals surface area contributed by atoms with E-state index >= 15 is 0 Å². The molecule has 0 saturated heterocycles. The van der Waals surface area contributed by atoms with Gasteiger partial charge in [-0.1, -0.05) is 56.3 Å². The molecule has 2 aromatic carbocycles. The quantitative estimate of drug-likeness (QED) is 0.499. The summed E-state index contributed by atoms with van der Waals surface area (Å²) in [7, 11) is 0. The van der Waals surface area contributed by atoms with Gasteiger partial charge in [0.2, 0.25) is 0 Å². The standard InChI is InChI=1S/C20H19F3O/c1-14(2)13-16-3-8-17(9-4-16)19(24)12-7-15-5-10-18(11-6-15)20(21,22)23/h3-12,14H,13H2,1-2H3. The first kappa shape index (κ1) is 18.0. The minimum absolute atomic E-state index is 0.175. The van der Waals surface area contributed by atoms with E-state index in [1.807, 2.05) is 12.1 Å². The van der Waals surface area contributed by atoms with Gasteiger partial charge in [0.05, 0.1) is 5.56 Å². The first-order valence-corrected chi connectivity index (χ1v) is 7.74. The summed E-state index contributed by atoms with van der Waals surface area (Å²) in [4.78, 5) is 12.1. The number of alkyl halides is 3. The Morgan fingerprint density at radius 3 is 2.08 bits per heavy atom. The fourth-order valence-corrected chi connectivity index (χ4v) is 2.33. The van der Waals surface area contributed by atoms with Crippen LogP contribution in [-0.2, 0) is 12.6 Å². The van der Waals surface area contributed by atoms with Crippen molar-refractivity contribution in [3.8, 4) is 0 Å². The molecule has 0 heterocycles. The van der Waals surface area contributed by atoms with Crippen molar-refractivity contribution in [3.63, 3.8) is 0 Å². The summed E-state index contributed by atoms with van der Waals surface area (Å²) in [5.41, 5.74) is 1.58. The van der Waals surface area contributed by atoms with Crippen LogP contribution in [0.2, 0.25) is 0 Å². The minimum atomic E-state index is -4.35. The van der Waals surface area contributed by atoms with E-state index in [4.69, 9.17) is 0 Å². The predicted octanol–water partition coefficient (Wildman–Crippen LogP) is 5.80. The first-order chi connectivity index (χ1) is 11.3. The number of allylic oxidation sites excluding steroid dienone is 1. The maximum Gasteiger partial charge on any atom is 0.416 e. The summed E-state index contributed by atoms with van der Waals surface area (Å²) in [6, 6.07) is 12.1. The van der Waals surface area contributed by atoms with Crippen molar-refractivity contribution in [1.29, 1.82) is 0 Å². The minimum Gasteiger partial charge on any atom is -0.289 e. The Morgan fingerprint density at radius 1 is 1.00 bits per heavy atom. The molecule has 126 valence electrons. The molecule has 0 spiro atoms. The predicted molar refractivity (Wildman–Crippen MR) is 89.8 cm³/mol. The monoisotopic (exact) mass is 332 g/mol. The van der Waals surface area contributed by atoms with Crippen molar-refractivity contribution in [1.82, 2.24) is 0 Å². The molecule has 0 aliphatic heterocycles. The lowest BCUT2D eigenvalue weighted by Gasteiger charge is -2.06. The van der Waals surface area contributed by atoms with E-state index in [1.54, 1.807) is 12.1 Å². The Kier molecular flexibility index (Phi) is 5.60. The molecule has 0 aromatic heterocycles. The normalized spacial score (nSPS) is 12.1. The lowest BCUT2D eigenvalue weighted by atomic mass is 10.0. The molecule has 24 heavy (non-hydrogen) atoms. The second-order valence-electron chi connectivity index (χ2n) is 6.11. The number of benzene rings is 2. The highest BCUT2D eigenvalue weighted by molar-refractivity contribution is 6.06. The zero-order valence-electron chi connectivity index (χ0n) is 13.6. The molecule has 4 heteroatoms. The van der Waals surface area contributed by atoms with Crippen LogP contribution in [0, 0.1) is 5.92 Å². The zero-order chi connectivity index (χ0) is 17.7. The second-order valence-corrected chi connectivity index (χ2v) is 6.11. The van der Waals surface area contributed by atoms with E-state index in [2.05, 4.69) is 13.8 Å². The molecular formula is C20H19F3O. The van der Waals surface area contributed by atoms with E-state index in [-0.39, 0.29) is 5.78 Å². The highest BCUT2D eigenvalue weighted by atomic mass is 19.4. The van der Waals surface area contributed by atoms with Crippen LogP contribution in [-0.4, -0.2) is 5.78 Å². The number of rotatable bonds is 5. The fraction of sp³-hybridized carbons (Fsp3) is 0.250. The van der Waals surface area contributed by atoms with Crippen LogP contribution >= 0.6 is 0 Å². The molecular weight excluding hydrogens is 313 g/mol. The van der Waals surface area contributed by atoms with E-state index in [0.29, 0.717) is 17.0 Å². The van der Waals surface area contributed by atoms with E-state index in [1.165, 1.54) is 29.8 Å². The molecule has 0 fully saturated rings. The lowest BCUT2D eigenvalue weighted by molar-refractivity contribution is -0.137. The van der Waals surface area contributed by atoms with Gasteiger partial charge in [-0.05, 0) is 41.7 Å². The third-order valence-corrected chi connectivity index (χ3v) is 3.55. The number of hydrogen-bond donors (Lipinski definition) is 0. The van der Waals surface area contributed by atoms with Crippen LogP contribution in [0.3, 0.4) is 0 Å². The molecule has 0 amide bonds. The average Bonchev–Trinajstić information content (AvgIpc) is 2.52. The van der Waals surface area contributed by atoms with E-state index in [0.717, 1.165) is 18.6 Å². The van der Waals surface area contributed by atoms with Crippen molar-refractivity contribution in [2.45, 2.75) is 26.4 Å². The Bertz CT molecular complexity index is 708. The van der Waals surface area contributed by atoms with Crippen molar-refractivity contribution in [2.24, 2.45) is 5.92 Å². The van der Waals surface area contributed by atoms with Crippen LogP contribution < -0.4 is 0 Å². The van der Waals surface area contributed by atoms with Crippen LogP contribution in [0.25, 0.3) is 6.08 Å². The summed E-state index contributed by atoms with van der Waals surface area (Å²) in [6.45, 7) is 4.26. The molecule has 0 saturated carbocycles. The maximum absolute atomic E-state index is 12.5. The van der Waals surface area contributed by atoms with Gasteiger partial charge in [0.1, 0.15) is 0 Å². The van der Waals surface area contributed by atoms with Gasteiger partial charge in [-0.2, -0.15) is 13.2 Å². The highest BCUT2D eigenvalue weighted by Crippen LogP contribution is 2.29. The molecule has 0 bridgehead atoms. The molecule has 0 radical (unpaired) electrons. The molecule has 0 N–H and O–H groups in total. The van der Waals surface area contributed by atoms with Crippen LogP contribution in [0.1, 0.15) is 40.9 Å². The van der Waals surface area contributed by atoms with Crippen LogP contribution in [0.4, 0.5) is 13.2 Å². The Balaban J connectivity index is 2.04. The van der Waals surface area contributed by atoms with E-state index < -0.39 is 11.7 Å². The smallest absolute Gasteiger partial charge is 0.289 e. The van der Waals surface area contributed by atoms with Gasteiger partial charge < -0.3 is 0 Å². The van der Waals surface area contributed by atoms with Gasteiger partial charge in [0.25, 0.3) is 0 Å². The number of carbonyl (C=O) groups excluding carboxylic acids is 1. The van der Waals surface area contributed by atoms with Crippen molar-refractivity contribution in [3.05, 3.63) is 76.9 Å². The third-order valence-electron chi connectivity index (χ3n) is 3.55. The van der Waals surface area contributed by atoms with Gasteiger partial charge >= 0.3 is 6.18 Å².